The van der Waals surface area contributed by atoms with Crippen LogP contribution in [0.25, 0.3) is 0 Å². The van der Waals surface area contributed by atoms with Crippen molar-refractivity contribution in [1.82, 2.24) is 25.6 Å². The van der Waals surface area contributed by atoms with Crippen molar-refractivity contribution in [3.05, 3.63) is 11.9 Å². The van der Waals surface area contributed by atoms with Crippen LogP contribution in [0, 0.1) is 0 Å². The molecular weight excluding hydrogens is 278 g/mol. The molecule has 9 heteroatoms. The second kappa shape index (κ2) is 9.70. The predicted molar refractivity (Wildman–Crippen MR) is 73.6 cm³/mol. The minimum Gasteiger partial charge on any atom is -0.480 e. The minimum atomic E-state index is -1.000. The number of rotatable bonds is 10. The average molecular weight is 299 g/mol. The number of ether oxygens (including phenoxy) is 1. The summed E-state index contributed by atoms with van der Waals surface area (Å²) in [6.07, 6.45) is 3.57. The molecule has 21 heavy (non-hydrogen) atoms. The van der Waals surface area contributed by atoms with Gasteiger partial charge in [-0.25, -0.2) is 9.48 Å². The Hall–Kier alpha value is -2.16. The number of nitrogens with one attached hydrogen (secondary N) is 2. The molecule has 0 saturated carbocycles. The average Bonchev–Trinajstić information content (AvgIpc) is 2.87. The summed E-state index contributed by atoms with van der Waals surface area (Å²) in [6, 6.07) is -0.332. The van der Waals surface area contributed by atoms with Gasteiger partial charge in [-0.2, -0.15) is 0 Å². The molecule has 0 aromatic carbocycles. The summed E-state index contributed by atoms with van der Waals surface area (Å²) in [5.41, 5.74) is 0.491. The van der Waals surface area contributed by atoms with E-state index in [9.17, 15) is 9.59 Å². The van der Waals surface area contributed by atoms with Crippen LogP contribution in [0.1, 0.15) is 25.5 Å². The number of carbonyl (C=O) groups excluding carboxylic acids is 1. The fraction of sp³-hybridized carbons (Fsp3) is 0.667. The highest BCUT2D eigenvalue weighted by molar-refractivity contribution is 5.73. The lowest BCUT2D eigenvalue weighted by atomic mass is 10.4. The van der Waals surface area contributed by atoms with Gasteiger partial charge in [0.2, 0.25) is 0 Å². The van der Waals surface area contributed by atoms with Gasteiger partial charge in [-0.05, 0) is 6.42 Å². The first-order chi connectivity index (χ1) is 10.1. The Kier molecular flexibility index (Phi) is 7.80. The molecule has 1 rings (SSSR count). The molecule has 0 radical (unpaired) electrons. The molecule has 0 spiro atoms. The summed E-state index contributed by atoms with van der Waals surface area (Å²) in [7, 11) is 0. The molecule has 9 nitrogen and oxygen atoms in total. The van der Waals surface area contributed by atoms with Gasteiger partial charge in [0.25, 0.3) is 0 Å². The zero-order valence-corrected chi connectivity index (χ0v) is 12.0. The second-order valence-electron chi connectivity index (χ2n) is 4.38. The highest BCUT2D eigenvalue weighted by Crippen LogP contribution is 1.92. The lowest BCUT2D eigenvalue weighted by Gasteiger charge is -2.06. The topological polar surface area (TPSA) is 118 Å². The number of nitrogens with zero attached hydrogens (tertiary/aromatic N) is 3. The van der Waals surface area contributed by atoms with Gasteiger partial charge < -0.3 is 20.5 Å². The quantitative estimate of drug-likeness (QED) is 0.522. The van der Waals surface area contributed by atoms with Gasteiger partial charge >= 0.3 is 12.0 Å². The molecule has 0 aliphatic rings. The van der Waals surface area contributed by atoms with Crippen LogP contribution in [0.2, 0.25) is 0 Å². The highest BCUT2D eigenvalue weighted by atomic mass is 16.5. The fourth-order valence-electron chi connectivity index (χ4n) is 1.45. The standard InChI is InChI=1S/C12H21N5O4/c1-2-3-5-21-6-4-13-12(20)14-7-10-8-17(16-15-10)9-11(18)19/h8H,2-7,9H2,1H3,(H,18,19)(H2,13,14,20). The number of carbonyl (C=O) groups is 2. The summed E-state index contributed by atoms with van der Waals surface area (Å²) in [5, 5.41) is 21.2. The van der Waals surface area contributed by atoms with Crippen LogP contribution in [0.15, 0.2) is 6.20 Å². The number of urea groups is 1. The molecule has 1 aromatic rings. The van der Waals surface area contributed by atoms with Crippen LogP contribution in [0.4, 0.5) is 4.79 Å². The number of unbranched alkanes of at least 4 members (excludes halogenated alkanes) is 1. The molecule has 0 aliphatic carbocycles. The molecule has 0 bridgehead atoms. The molecule has 0 fully saturated rings. The van der Waals surface area contributed by atoms with Crippen molar-refractivity contribution in [3.63, 3.8) is 0 Å². The Morgan fingerprint density at radius 3 is 2.90 bits per heavy atom. The number of aromatic nitrogens is 3. The summed E-state index contributed by atoms with van der Waals surface area (Å²) in [5.74, 6) is -1.000. The van der Waals surface area contributed by atoms with Gasteiger partial charge in [-0.3, -0.25) is 4.79 Å². The lowest BCUT2D eigenvalue weighted by molar-refractivity contribution is -0.137. The molecule has 3 N–H and O–H groups in total. The van der Waals surface area contributed by atoms with Crippen LogP contribution >= 0.6 is 0 Å². The zero-order chi connectivity index (χ0) is 15.5. The van der Waals surface area contributed by atoms with E-state index in [2.05, 4.69) is 27.9 Å². The number of carboxylic acids is 1. The Balaban J connectivity index is 2.12. The van der Waals surface area contributed by atoms with Gasteiger partial charge in [0.05, 0.1) is 19.3 Å². The van der Waals surface area contributed by atoms with Gasteiger partial charge in [-0.1, -0.05) is 18.6 Å². The Labute approximate surface area is 122 Å². The van der Waals surface area contributed by atoms with Crippen molar-refractivity contribution in [3.8, 4) is 0 Å². The lowest BCUT2D eigenvalue weighted by Crippen LogP contribution is -2.37. The zero-order valence-electron chi connectivity index (χ0n) is 12.0. The fourth-order valence-corrected chi connectivity index (χ4v) is 1.45. The van der Waals surface area contributed by atoms with E-state index in [-0.39, 0.29) is 19.1 Å². The smallest absolute Gasteiger partial charge is 0.325 e. The minimum absolute atomic E-state index is 0.183. The molecule has 0 aliphatic heterocycles. The van der Waals surface area contributed by atoms with Crippen LogP contribution in [-0.2, 0) is 22.6 Å². The molecule has 1 aromatic heterocycles. The summed E-state index contributed by atoms with van der Waals surface area (Å²) >= 11 is 0. The third kappa shape index (κ3) is 7.88. The maximum absolute atomic E-state index is 11.5. The number of hydrogen-bond donors (Lipinski definition) is 3. The SMILES string of the molecule is CCCCOCCNC(=O)NCc1cn(CC(=O)O)nn1. The van der Waals surface area contributed by atoms with Crippen molar-refractivity contribution >= 4 is 12.0 Å². The van der Waals surface area contributed by atoms with Crippen LogP contribution in [-0.4, -0.2) is 51.9 Å². The van der Waals surface area contributed by atoms with Crippen LogP contribution in [0.5, 0.6) is 0 Å². The van der Waals surface area contributed by atoms with Crippen molar-refractivity contribution in [2.75, 3.05) is 19.8 Å². The third-order valence-corrected chi connectivity index (χ3v) is 2.49. The van der Waals surface area contributed by atoms with E-state index in [0.29, 0.717) is 25.5 Å². The van der Waals surface area contributed by atoms with E-state index in [1.807, 2.05) is 0 Å². The first kappa shape index (κ1) is 16.9. The Morgan fingerprint density at radius 1 is 1.38 bits per heavy atom. The number of aliphatic carboxylic acids is 1. The Morgan fingerprint density at radius 2 is 2.19 bits per heavy atom. The van der Waals surface area contributed by atoms with Crippen LogP contribution in [0.3, 0.4) is 0 Å². The summed E-state index contributed by atoms with van der Waals surface area (Å²) in [4.78, 5) is 21.9. The molecular formula is C12H21N5O4. The molecule has 0 saturated heterocycles. The first-order valence-corrected chi connectivity index (χ1v) is 6.82. The molecule has 118 valence electrons. The second-order valence-corrected chi connectivity index (χ2v) is 4.38. The molecule has 0 unspecified atom stereocenters. The van der Waals surface area contributed by atoms with Crippen molar-refractivity contribution in [1.29, 1.82) is 0 Å². The van der Waals surface area contributed by atoms with Crippen LogP contribution < -0.4 is 10.6 Å². The monoisotopic (exact) mass is 299 g/mol. The third-order valence-electron chi connectivity index (χ3n) is 2.49. The Bertz CT molecular complexity index is 449. The van der Waals surface area contributed by atoms with E-state index in [4.69, 9.17) is 9.84 Å². The first-order valence-electron chi connectivity index (χ1n) is 6.82. The molecule has 2 amide bonds. The van der Waals surface area contributed by atoms with Gasteiger partial charge in [0.15, 0.2) is 0 Å². The predicted octanol–water partition coefficient (Wildman–Crippen LogP) is -0.0214. The van der Waals surface area contributed by atoms with E-state index in [0.717, 1.165) is 12.8 Å². The van der Waals surface area contributed by atoms with E-state index < -0.39 is 5.97 Å². The summed E-state index contributed by atoms with van der Waals surface area (Å²) in [6.45, 7) is 3.62. The summed E-state index contributed by atoms with van der Waals surface area (Å²) < 4.78 is 6.50. The van der Waals surface area contributed by atoms with Gasteiger partial charge in [-0.15, -0.1) is 5.10 Å². The van der Waals surface area contributed by atoms with Crippen molar-refractivity contribution in [2.24, 2.45) is 0 Å². The van der Waals surface area contributed by atoms with Crippen molar-refractivity contribution in [2.45, 2.75) is 32.9 Å². The normalized spacial score (nSPS) is 10.3. The molecule has 0 atom stereocenters. The number of hydrogen-bond acceptors (Lipinski definition) is 5. The van der Waals surface area contributed by atoms with Gasteiger partial charge in [0.1, 0.15) is 12.2 Å². The highest BCUT2D eigenvalue weighted by Gasteiger charge is 2.05. The van der Waals surface area contributed by atoms with E-state index in [1.54, 1.807) is 0 Å². The van der Waals surface area contributed by atoms with E-state index >= 15 is 0 Å². The van der Waals surface area contributed by atoms with Gasteiger partial charge in [0, 0.05) is 13.2 Å². The maximum Gasteiger partial charge on any atom is 0.325 e. The maximum atomic E-state index is 11.5. The van der Waals surface area contributed by atoms with E-state index in [1.165, 1.54) is 10.9 Å². The number of carboxylic acid groups (broad SMARTS) is 1. The molecule has 1 heterocycles. The van der Waals surface area contributed by atoms with Crippen molar-refractivity contribution < 1.29 is 19.4 Å². The number of amides is 2. The largest absolute Gasteiger partial charge is 0.480 e.